The molecule has 0 aromatic heterocycles. The van der Waals surface area contributed by atoms with E-state index in [-0.39, 0.29) is 0 Å². The van der Waals surface area contributed by atoms with Crippen molar-refractivity contribution >= 4 is 12.0 Å². The molecule has 0 atom stereocenters. The van der Waals surface area contributed by atoms with Crippen LogP contribution in [-0.2, 0) is 11.4 Å². The maximum Gasteiger partial charge on any atom is 0.241 e. The van der Waals surface area contributed by atoms with Gasteiger partial charge in [0.1, 0.15) is 12.4 Å². The number of aryl methyl sites for hydroxylation is 1. The zero-order valence-electron chi connectivity index (χ0n) is 11.4. The molecule has 2 N–H and O–H groups in total. The molecule has 0 saturated heterocycles. The molecule has 0 unspecified atom stereocenters. The summed E-state index contributed by atoms with van der Waals surface area (Å²) < 4.78 is 5.88. The van der Waals surface area contributed by atoms with Crippen molar-refractivity contribution in [3.63, 3.8) is 0 Å². The molecule has 0 aliphatic carbocycles. The summed E-state index contributed by atoms with van der Waals surface area (Å²) in [4.78, 5) is 10.8. The molecule has 0 fully saturated rings. The third-order valence-electron chi connectivity index (χ3n) is 2.90. The first-order valence-electron chi connectivity index (χ1n) is 6.40. The van der Waals surface area contributed by atoms with Crippen LogP contribution < -0.4 is 10.5 Å². The lowest BCUT2D eigenvalue weighted by atomic mass is 10.1. The third-order valence-corrected chi connectivity index (χ3v) is 2.90. The van der Waals surface area contributed by atoms with Crippen molar-refractivity contribution in [1.29, 1.82) is 0 Å². The van der Waals surface area contributed by atoms with E-state index < -0.39 is 5.91 Å². The maximum absolute atomic E-state index is 10.8. The Morgan fingerprint density at radius 2 is 1.90 bits per heavy atom. The summed E-state index contributed by atoms with van der Waals surface area (Å²) in [5, 5.41) is 0. The first-order valence-corrected chi connectivity index (χ1v) is 6.40. The molecule has 0 aliphatic rings. The van der Waals surface area contributed by atoms with E-state index in [0.717, 1.165) is 22.4 Å². The van der Waals surface area contributed by atoms with E-state index in [0.29, 0.717) is 6.61 Å². The summed E-state index contributed by atoms with van der Waals surface area (Å²) in [6.07, 6.45) is 3.01. The summed E-state index contributed by atoms with van der Waals surface area (Å²) in [6.45, 7) is 2.46. The highest BCUT2D eigenvalue weighted by atomic mass is 16.5. The van der Waals surface area contributed by atoms with Crippen molar-refractivity contribution in [1.82, 2.24) is 0 Å². The number of primary amides is 1. The number of nitrogens with two attached hydrogens (primary N) is 1. The smallest absolute Gasteiger partial charge is 0.241 e. The van der Waals surface area contributed by atoms with Gasteiger partial charge in [-0.1, -0.05) is 48.5 Å². The summed E-state index contributed by atoms with van der Waals surface area (Å²) >= 11 is 0. The van der Waals surface area contributed by atoms with Crippen LogP contribution in [0.4, 0.5) is 0 Å². The first kappa shape index (κ1) is 13.9. The Balaban J connectivity index is 2.19. The average molecular weight is 267 g/mol. The molecule has 0 aliphatic heterocycles. The van der Waals surface area contributed by atoms with Crippen molar-refractivity contribution in [3.05, 3.63) is 71.3 Å². The number of hydrogen-bond donors (Lipinski definition) is 1. The van der Waals surface area contributed by atoms with E-state index in [1.54, 1.807) is 6.08 Å². The van der Waals surface area contributed by atoms with Gasteiger partial charge in [0, 0.05) is 11.6 Å². The fourth-order valence-electron chi connectivity index (χ4n) is 1.91. The van der Waals surface area contributed by atoms with E-state index in [1.165, 1.54) is 6.08 Å². The van der Waals surface area contributed by atoms with Gasteiger partial charge >= 0.3 is 0 Å². The maximum atomic E-state index is 10.8. The second kappa shape index (κ2) is 6.57. The third kappa shape index (κ3) is 3.72. The minimum atomic E-state index is -0.472. The molecule has 2 aromatic rings. The lowest BCUT2D eigenvalue weighted by molar-refractivity contribution is -0.113. The second-order valence-corrected chi connectivity index (χ2v) is 4.50. The van der Waals surface area contributed by atoms with Crippen molar-refractivity contribution in [3.8, 4) is 5.75 Å². The quantitative estimate of drug-likeness (QED) is 0.846. The Bertz CT molecular complexity index is 618. The summed E-state index contributed by atoms with van der Waals surface area (Å²) in [6, 6.07) is 15.7. The Morgan fingerprint density at radius 1 is 1.15 bits per heavy atom. The van der Waals surface area contributed by atoms with Gasteiger partial charge in [-0.15, -0.1) is 0 Å². The Kier molecular flexibility index (Phi) is 4.56. The van der Waals surface area contributed by atoms with Gasteiger partial charge in [0.05, 0.1) is 0 Å². The van der Waals surface area contributed by atoms with Gasteiger partial charge in [0.25, 0.3) is 0 Å². The van der Waals surface area contributed by atoms with Crippen molar-refractivity contribution < 1.29 is 9.53 Å². The number of rotatable bonds is 5. The highest BCUT2D eigenvalue weighted by Crippen LogP contribution is 2.25. The molecular weight excluding hydrogens is 250 g/mol. The summed E-state index contributed by atoms with van der Waals surface area (Å²) in [7, 11) is 0. The zero-order chi connectivity index (χ0) is 14.4. The molecule has 0 heterocycles. The van der Waals surface area contributed by atoms with Crippen LogP contribution >= 0.6 is 0 Å². The normalized spacial score (nSPS) is 10.7. The van der Waals surface area contributed by atoms with E-state index in [4.69, 9.17) is 10.5 Å². The molecule has 3 heteroatoms. The largest absolute Gasteiger partial charge is 0.488 e. The van der Waals surface area contributed by atoms with Crippen LogP contribution in [0.3, 0.4) is 0 Å². The second-order valence-electron chi connectivity index (χ2n) is 4.50. The van der Waals surface area contributed by atoms with Gasteiger partial charge in [-0.05, 0) is 24.1 Å². The number of carbonyl (C=O) groups is 1. The Labute approximate surface area is 118 Å². The van der Waals surface area contributed by atoms with Crippen LogP contribution in [0.15, 0.2) is 54.6 Å². The Hall–Kier alpha value is -2.55. The van der Waals surface area contributed by atoms with Gasteiger partial charge in [0.15, 0.2) is 0 Å². The minimum Gasteiger partial charge on any atom is -0.488 e. The van der Waals surface area contributed by atoms with Gasteiger partial charge in [-0.2, -0.15) is 0 Å². The minimum absolute atomic E-state index is 0.472. The fraction of sp³-hybridized carbons (Fsp3) is 0.118. The van der Waals surface area contributed by atoms with Crippen molar-refractivity contribution in [2.24, 2.45) is 5.73 Å². The molecule has 0 bridgehead atoms. The van der Waals surface area contributed by atoms with Gasteiger partial charge < -0.3 is 10.5 Å². The molecule has 1 amide bonds. The van der Waals surface area contributed by atoms with Gasteiger partial charge in [-0.25, -0.2) is 0 Å². The van der Waals surface area contributed by atoms with Crippen LogP contribution in [0, 0.1) is 6.92 Å². The van der Waals surface area contributed by atoms with E-state index in [9.17, 15) is 4.79 Å². The monoisotopic (exact) mass is 267 g/mol. The molecule has 0 radical (unpaired) electrons. The van der Waals surface area contributed by atoms with Crippen LogP contribution in [0.25, 0.3) is 6.08 Å². The molecule has 2 aromatic carbocycles. The molecule has 0 saturated carbocycles. The van der Waals surface area contributed by atoms with Gasteiger partial charge in [0.2, 0.25) is 5.91 Å². The van der Waals surface area contributed by atoms with Crippen LogP contribution in [0.5, 0.6) is 5.75 Å². The topological polar surface area (TPSA) is 52.3 Å². The molecule has 0 spiro atoms. The Morgan fingerprint density at radius 3 is 2.60 bits per heavy atom. The van der Waals surface area contributed by atoms with E-state index in [2.05, 4.69) is 0 Å². The molecule has 102 valence electrons. The predicted octanol–water partition coefficient (Wildman–Crippen LogP) is 3.07. The number of amides is 1. The number of ether oxygens (including phenoxy) is 1. The standard InChI is InChI=1S/C17H17NO2/c1-13-6-5-9-15(10-11-16(18)19)17(13)20-12-14-7-3-2-4-8-14/h2-11H,12H2,1H3,(H2,18,19)/b11-10+. The number of carbonyl (C=O) groups excluding carboxylic acids is 1. The van der Waals surface area contributed by atoms with Crippen LogP contribution in [0.1, 0.15) is 16.7 Å². The van der Waals surface area contributed by atoms with E-state index in [1.807, 2.05) is 55.5 Å². The van der Waals surface area contributed by atoms with Crippen LogP contribution in [-0.4, -0.2) is 5.91 Å². The number of hydrogen-bond acceptors (Lipinski definition) is 2. The molecular formula is C17H17NO2. The lowest BCUT2D eigenvalue weighted by Gasteiger charge is -2.12. The average Bonchev–Trinajstić information content (AvgIpc) is 2.45. The fourth-order valence-corrected chi connectivity index (χ4v) is 1.91. The van der Waals surface area contributed by atoms with Crippen LogP contribution in [0.2, 0.25) is 0 Å². The number of para-hydroxylation sites is 1. The first-order chi connectivity index (χ1) is 9.66. The highest BCUT2D eigenvalue weighted by molar-refractivity contribution is 5.90. The van der Waals surface area contributed by atoms with E-state index >= 15 is 0 Å². The summed E-state index contributed by atoms with van der Waals surface area (Å²) in [5.41, 5.74) is 8.09. The van der Waals surface area contributed by atoms with Crippen molar-refractivity contribution in [2.75, 3.05) is 0 Å². The predicted molar refractivity (Wildman–Crippen MR) is 80.2 cm³/mol. The lowest BCUT2D eigenvalue weighted by Crippen LogP contribution is -2.05. The number of benzene rings is 2. The zero-order valence-corrected chi connectivity index (χ0v) is 11.4. The molecule has 3 nitrogen and oxygen atoms in total. The SMILES string of the molecule is Cc1cccc(/C=C/C(N)=O)c1OCc1ccccc1. The molecule has 2 rings (SSSR count). The van der Waals surface area contributed by atoms with Crippen molar-refractivity contribution in [2.45, 2.75) is 13.5 Å². The van der Waals surface area contributed by atoms with Gasteiger partial charge in [-0.3, -0.25) is 4.79 Å². The molecule has 20 heavy (non-hydrogen) atoms. The summed E-state index contributed by atoms with van der Waals surface area (Å²) in [5.74, 6) is 0.300. The highest BCUT2D eigenvalue weighted by Gasteiger charge is 2.05.